The van der Waals surface area contributed by atoms with E-state index >= 15 is 0 Å². The average Bonchev–Trinajstić information content (AvgIpc) is 2.84. The van der Waals surface area contributed by atoms with Gasteiger partial charge in [0.25, 0.3) is 0 Å². The highest BCUT2D eigenvalue weighted by Gasteiger charge is 2.16. The Hall–Kier alpha value is -3.38. The first-order chi connectivity index (χ1) is 15.4. The third-order valence-electron chi connectivity index (χ3n) is 4.96. The van der Waals surface area contributed by atoms with Crippen LogP contribution < -0.4 is 5.32 Å². The largest absolute Gasteiger partial charge is 0.381 e. The van der Waals surface area contributed by atoms with Gasteiger partial charge >= 0.3 is 0 Å². The Morgan fingerprint density at radius 1 is 0.774 bits per heavy atom. The van der Waals surface area contributed by atoms with Gasteiger partial charge in [-0.25, -0.2) is 19.9 Å². The summed E-state index contributed by atoms with van der Waals surface area (Å²) in [6, 6.07) is 20.2. The minimum atomic E-state index is 0.579. The molecule has 158 valence electrons. The summed E-state index contributed by atoms with van der Waals surface area (Å²) in [5, 5.41) is 3.38. The van der Waals surface area contributed by atoms with Crippen molar-refractivity contribution in [2.75, 3.05) is 25.1 Å². The van der Waals surface area contributed by atoms with Crippen molar-refractivity contribution in [3.63, 3.8) is 0 Å². The van der Waals surface area contributed by atoms with Crippen LogP contribution in [0.3, 0.4) is 0 Å². The van der Waals surface area contributed by atoms with Crippen molar-refractivity contribution in [3.8, 4) is 22.5 Å². The molecule has 4 aromatic rings. The zero-order chi connectivity index (χ0) is 21.3. The number of unbranched alkanes of at least 4 members (excludes halogenated alkanes) is 1. The summed E-state index contributed by atoms with van der Waals surface area (Å²) >= 11 is 0. The molecule has 0 aliphatic rings. The molecule has 2 aromatic heterocycles. The first-order valence-corrected chi connectivity index (χ1v) is 10.8. The van der Waals surface area contributed by atoms with E-state index in [-0.39, 0.29) is 0 Å². The minimum Gasteiger partial charge on any atom is -0.381 e. The molecular weight excluding hydrogens is 386 g/mol. The zero-order valence-electron chi connectivity index (χ0n) is 17.8. The van der Waals surface area contributed by atoms with E-state index < -0.39 is 0 Å². The fourth-order valence-corrected chi connectivity index (χ4v) is 3.33. The molecule has 0 atom stereocenters. The lowest BCUT2D eigenvalue weighted by Gasteiger charge is -2.12. The second kappa shape index (κ2) is 10.6. The number of rotatable bonds is 10. The third-order valence-corrected chi connectivity index (χ3v) is 4.96. The fraction of sp³-hybridized carbons (Fsp3) is 0.280. The Labute approximate surface area is 182 Å². The lowest BCUT2D eigenvalue weighted by Crippen LogP contribution is -2.09. The molecule has 0 spiro atoms. The Bertz CT molecular complexity index is 1100. The number of nitrogens with zero attached hydrogens (tertiary/aromatic N) is 4. The van der Waals surface area contributed by atoms with Crippen molar-refractivity contribution in [3.05, 3.63) is 67.0 Å². The summed E-state index contributed by atoms with van der Waals surface area (Å²) in [5.41, 5.74) is 4.90. The molecule has 0 saturated heterocycles. The van der Waals surface area contributed by atoms with Crippen LogP contribution in [-0.2, 0) is 4.74 Å². The number of hydrogen-bond acceptors (Lipinski definition) is 6. The number of nitrogens with one attached hydrogen (secondary N) is 1. The van der Waals surface area contributed by atoms with E-state index in [1.54, 1.807) is 0 Å². The van der Waals surface area contributed by atoms with Crippen LogP contribution >= 0.6 is 0 Å². The normalized spacial score (nSPS) is 11.0. The molecule has 0 bridgehead atoms. The van der Waals surface area contributed by atoms with Gasteiger partial charge in [-0.3, -0.25) is 0 Å². The zero-order valence-corrected chi connectivity index (χ0v) is 17.8. The van der Waals surface area contributed by atoms with E-state index in [0.717, 1.165) is 61.5 Å². The van der Waals surface area contributed by atoms with E-state index in [1.165, 1.54) is 6.33 Å². The second-order valence-corrected chi connectivity index (χ2v) is 7.29. The third kappa shape index (κ3) is 5.22. The van der Waals surface area contributed by atoms with Crippen molar-refractivity contribution in [2.45, 2.75) is 26.2 Å². The van der Waals surface area contributed by atoms with Gasteiger partial charge in [-0.1, -0.05) is 74.0 Å². The van der Waals surface area contributed by atoms with Crippen LogP contribution in [0.15, 0.2) is 67.0 Å². The van der Waals surface area contributed by atoms with Crippen molar-refractivity contribution in [1.29, 1.82) is 0 Å². The van der Waals surface area contributed by atoms with Crippen LogP contribution in [0, 0.1) is 0 Å². The smallest absolute Gasteiger partial charge is 0.184 e. The maximum absolute atomic E-state index is 5.64. The van der Waals surface area contributed by atoms with Crippen molar-refractivity contribution < 1.29 is 4.74 Å². The molecule has 4 rings (SSSR count). The summed E-state index contributed by atoms with van der Waals surface area (Å²) < 4.78 is 5.64. The fourth-order valence-electron chi connectivity index (χ4n) is 3.33. The standard InChI is InChI=1S/C25H27N5O/c1-2-3-16-31-17-10-15-26-24-23-25(28-18-27-24)30-22(20-13-8-5-9-14-20)21(29-23)19-11-6-4-7-12-19/h4-9,11-14,18H,2-3,10,15-17H2,1H3,(H,26,27,28,30). The molecule has 0 saturated carbocycles. The molecule has 0 aliphatic heterocycles. The number of fused-ring (bicyclic) bond motifs is 1. The highest BCUT2D eigenvalue weighted by atomic mass is 16.5. The van der Waals surface area contributed by atoms with Crippen LogP contribution in [0.5, 0.6) is 0 Å². The average molecular weight is 414 g/mol. The van der Waals surface area contributed by atoms with Crippen LogP contribution in [0.2, 0.25) is 0 Å². The van der Waals surface area contributed by atoms with E-state index in [2.05, 4.69) is 22.2 Å². The van der Waals surface area contributed by atoms with Gasteiger partial charge in [0.05, 0.1) is 11.4 Å². The van der Waals surface area contributed by atoms with Crippen LogP contribution in [0.4, 0.5) is 5.82 Å². The summed E-state index contributed by atoms with van der Waals surface area (Å²) in [6.07, 6.45) is 4.69. The van der Waals surface area contributed by atoms with Gasteiger partial charge < -0.3 is 10.1 Å². The first-order valence-electron chi connectivity index (χ1n) is 10.8. The predicted octanol–water partition coefficient (Wildman–Crippen LogP) is 5.37. The predicted molar refractivity (Wildman–Crippen MR) is 125 cm³/mol. The highest BCUT2D eigenvalue weighted by molar-refractivity contribution is 5.89. The number of benzene rings is 2. The number of aromatic nitrogens is 4. The molecule has 6 heteroatoms. The summed E-state index contributed by atoms with van der Waals surface area (Å²) in [4.78, 5) is 18.7. The molecule has 2 aromatic carbocycles. The summed E-state index contributed by atoms with van der Waals surface area (Å²) in [5.74, 6) is 0.697. The maximum atomic E-state index is 5.64. The van der Waals surface area contributed by atoms with E-state index in [0.29, 0.717) is 17.0 Å². The van der Waals surface area contributed by atoms with Gasteiger partial charge in [0.2, 0.25) is 0 Å². The van der Waals surface area contributed by atoms with Gasteiger partial charge in [0.1, 0.15) is 6.33 Å². The van der Waals surface area contributed by atoms with Gasteiger partial charge in [-0.05, 0) is 12.8 Å². The quantitative estimate of drug-likeness (QED) is 0.352. The molecule has 31 heavy (non-hydrogen) atoms. The molecule has 0 aliphatic carbocycles. The Morgan fingerprint density at radius 3 is 2.10 bits per heavy atom. The number of ether oxygens (including phenoxy) is 1. The summed E-state index contributed by atoms with van der Waals surface area (Å²) in [7, 11) is 0. The van der Waals surface area contributed by atoms with E-state index in [9.17, 15) is 0 Å². The van der Waals surface area contributed by atoms with Gasteiger partial charge in [0, 0.05) is 30.9 Å². The lowest BCUT2D eigenvalue weighted by molar-refractivity contribution is 0.131. The van der Waals surface area contributed by atoms with Crippen molar-refractivity contribution in [1.82, 2.24) is 19.9 Å². The molecule has 0 fully saturated rings. The van der Waals surface area contributed by atoms with Gasteiger partial charge in [0.15, 0.2) is 17.0 Å². The SMILES string of the molecule is CCCCOCCCNc1ncnc2nc(-c3ccccc3)c(-c3ccccc3)nc12. The molecule has 0 amide bonds. The molecule has 2 heterocycles. The highest BCUT2D eigenvalue weighted by Crippen LogP contribution is 2.31. The Morgan fingerprint density at radius 2 is 1.42 bits per heavy atom. The topological polar surface area (TPSA) is 72.8 Å². The van der Waals surface area contributed by atoms with Crippen molar-refractivity contribution in [2.24, 2.45) is 0 Å². The van der Waals surface area contributed by atoms with Crippen LogP contribution in [0.25, 0.3) is 33.7 Å². The van der Waals surface area contributed by atoms with E-state index in [1.807, 2.05) is 60.7 Å². The molecule has 6 nitrogen and oxygen atoms in total. The minimum absolute atomic E-state index is 0.579. The molecular formula is C25H27N5O. The van der Waals surface area contributed by atoms with Crippen LogP contribution in [0.1, 0.15) is 26.2 Å². The van der Waals surface area contributed by atoms with E-state index in [4.69, 9.17) is 14.7 Å². The maximum Gasteiger partial charge on any atom is 0.184 e. The number of hydrogen-bond donors (Lipinski definition) is 1. The van der Waals surface area contributed by atoms with Gasteiger partial charge in [-0.2, -0.15) is 0 Å². The monoisotopic (exact) mass is 413 g/mol. The molecule has 1 N–H and O–H groups in total. The van der Waals surface area contributed by atoms with Gasteiger partial charge in [-0.15, -0.1) is 0 Å². The Balaban J connectivity index is 1.64. The lowest BCUT2D eigenvalue weighted by atomic mass is 10.0. The Kier molecular flexibility index (Phi) is 7.13. The number of anilines is 1. The van der Waals surface area contributed by atoms with Crippen molar-refractivity contribution >= 4 is 17.0 Å². The van der Waals surface area contributed by atoms with Crippen LogP contribution in [-0.4, -0.2) is 39.7 Å². The molecule has 0 radical (unpaired) electrons. The molecule has 0 unspecified atom stereocenters. The second-order valence-electron chi connectivity index (χ2n) is 7.29. The summed E-state index contributed by atoms with van der Waals surface area (Å²) in [6.45, 7) is 4.47. The first kappa shape index (κ1) is 20.9.